The van der Waals surface area contributed by atoms with Gasteiger partial charge in [0.15, 0.2) is 11.5 Å². The molecule has 0 aliphatic carbocycles. The van der Waals surface area contributed by atoms with E-state index in [0.717, 1.165) is 22.4 Å². The quantitative estimate of drug-likeness (QED) is 0.642. The number of fused-ring (bicyclic) bond motifs is 1. The molecule has 3 N–H and O–H groups in total. The molecule has 6 heteroatoms. The van der Waals surface area contributed by atoms with Crippen molar-refractivity contribution in [2.24, 2.45) is 0 Å². The summed E-state index contributed by atoms with van der Waals surface area (Å²) < 4.78 is 5.15. The van der Waals surface area contributed by atoms with Crippen LogP contribution in [0.4, 0.5) is 5.69 Å². The fraction of sp³-hybridized carbons (Fsp3) is 0.0526. The number of carbonyl (C=O) groups is 1. The van der Waals surface area contributed by atoms with Crippen LogP contribution in [0, 0.1) is 0 Å². The number of phenolic OH excluding ortho intramolecular Hbond substituents is 1. The summed E-state index contributed by atoms with van der Waals surface area (Å²) in [4.78, 5) is 19.4. The van der Waals surface area contributed by atoms with Gasteiger partial charge in [-0.15, -0.1) is 0 Å². The van der Waals surface area contributed by atoms with E-state index >= 15 is 0 Å². The molecule has 2 heterocycles. The fourth-order valence-electron chi connectivity index (χ4n) is 2.87. The van der Waals surface area contributed by atoms with Crippen LogP contribution in [0.1, 0.15) is 11.4 Å². The molecule has 0 saturated carbocycles. The van der Waals surface area contributed by atoms with Crippen molar-refractivity contribution in [3.63, 3.8) is 0 Å². The molecule has 4 rings (SSSR count). The third-order valence-corrected chi connectivity index (χ3v) is 4.12. The Balaban J connectivity index is 1.75. The van der Waals surface area contributed by atoms with E-state index < -0.39 is 0 Å². The molecule has 25 heavy (non-hydrogen) atoms. The minimum atomic E-state index is -0.160. The second kappa shape index (κ2) is 5.83. The number of aromatic hydroxyl groups is 1. The number of nitrogens with zero attached hydrogens (tertiary/aromatic N) is 1. The van der Waals surface area contributed by atoms with Gasteiger partial charge in [-0.25, -0.2) is 4.98 Å². The maximum atomic E-state index is 12.3. The van der Waals surface area contributed by atoms with Gasteiger partial charge in [-0.3, -0.25) is 4.79 Å². The van der Waals surface area contributed by atoms with Gasteiger partial charge in [0.25, 0.3) is 5.91 Å². The first kappa shape index (κ1) is 15.0. The molecular formula is C19H15N3O3. The molecule has 1 aliphatic rings. The largest absolute Gasteiger partial charge is 0.504 e. The van der Waals surface area contributed by atoms with Gasteiger partial charge in [-0.1, -0.05) is 18.2 Å². The number of aromatic nitrogens is 2. The van der Waals surface area contributed by atoms with E-state index in [0.29, 0.717) is 17.1 Å². The van der Waals surface area contributed by atoms with Gasteiger partial charge in [0.1, 0.15) is 5.82 Å². The van der Waals surface area contributed by atoms with E-state index in [1.165, 1.54) is 7.11 Å². The van der Waals surface area contributed by atoms with Crippen LogP contribution < -0.4 is 10.1 Å². The molecule has 1 aromatic heterocycles. The summed E-state index contributed by atoms with van der Waals surface area (Å²) >= 11 is 0. The molecule has 3 aromatic rings. The Labute approximate surface area is 143 Å². The Hall–Kier alpha value is -3.54. The van der Waals surface area contributed by atoms with Crippen molar-refractivity contribution >= 4 is 23.2 Å². The Morgan fingerprint density at radius 1 is 1.16 bits per heavy atom. The molecule has 0 unspecified atom stereocenters. The van der Waals surface area contributed by atoms with Crippen LogP contribution in [0.25, 0.3) is 22.8 Å². The summed E-state index contributed by atoms with van der Waals surface area (Å²) in [6.07, 6.45) is 5.08. The molecule has 0 bridgehead atoms. The standard InChI is InChI=1S/C19H15N3O3/c1-25-17-9-12(3-5-16(17)23)11-2-4-13-14(10-18-20-6-7-21-18)19(24)22-15(13)8-11/h2-10,23H,1H3,(H,20,21)(H,22,24). The first-order valence-corrected chi connectivity index (χ1v) is 7.70. The van der Waals surface area contributed by atoms with Crippen LogP contribution in [-0.4, -0.2) is 28.1 Å². The number of methoxy groups -OCH3 is 1. The van der Waals surface area contributed by atoms with Crippen molar-refractivity contribution in [1.82, 2.24) is 9.97 Å². The average molecular weight is 333 g/mol. The number of rotatable bonds is 3. The molecule has 1 amide bonds. The minimum Gasteiger partial charge on any atom is -0.504 e. The predicted molar refractivity (Wildman–Crippen MR) is 95.2 cm³/mol. The lowest BCUT2D eigenvalue weighted by Crippen LogP contribution is -2.03. The lowest BCUT2D eigenvalue weighted by atomic mass is 10.00. The van der Waals surface area contributed by atoms with Gasteiger partial charge in [0.05, 0.1) is 12.7 Å². The number of hydrogen-bond donors (Lipinski definition) is 3. The highest BCUT2D eigenvalue weighted by Crippen LogP contribution is 2.37. The monoisotopic (exact) mass is 333 g/mol. The molecule has 1 aliphatic heterocycles. The van der Waals surface area contributed by atoms with E-state index in [4.69, 9.17) is 4.74 Å². The number of phenols is 1. The van der Waals surface area contributed by atoms with Crippen molar-refractivity contribution in [1.29, 1.82) is 0 Å². The Morgan fingerprint density at radius 3 is 2.72 bits per heavy atom. The van der Waals surface area contributed by atoms with Gasteiger partial charge >= 0.3 is 0 Å². The van der Waals surface area contributed by atoms with Crippen LogP contribution >= 0.6 is 0 Å². The molecule has 6 nitrogen and oxygen atoms in total. The maximum absolute atomic E-state index is 12.3. The van der Waals surface area contributed by atoms with Gasteiger partial charge < -0.3 is 20.1 Å². The predicted octanol–water partition coefficient (Wildman–Crippen LogP) is 3.28. The average Bonchev–Trinajstić information content (AvgIpc) is 3.23. The summed E-state index contributed by atoms with van der Waals surface area (Å²) in [6.45, 7) is 0. The lowest BCUT2D eigenvalue weighted by Gasteiger charge is -2.08. The number of nitrogens with one attached hydrogen (secondary N) is 2. The third-order valence-electron chi connectivity index (χ3n) is 4.12. The Morgan fingerprint density at radius 2 is 1.96 bits per heavy atom. The molecule has 0 radical (unpaired) electrons. The summed E-state index contributed by atoms with van der Waals surface area (Å²) in [6, 6.07) is 10.9. The first-order valence-electron chi connectivity index (χ1n) is 7.70. The number of anilines is 1. The normalized spacial score (nSPS) is 14.4. The summed E-state index contributed by atoms with van der Waals surface area (Å²) in [5, 5.41) is 12.6. The Bertz CT molecular complexity index is 991. The van der Waals surface area contributed by atoms with Crippen molar-refractivity contribution in [3.05, 3.63) is 60.2 Å². The molecule has 0 saturated heterocycles. The highest BCUT2D eigenvalue weighted by molar-refractivity contribution is 6.34. The number of benzene rings is 2. The zero-order chi connectivity index (χ0) is 17.4. The van der Waals surface area contributed by atoms with Crippen LogP contribution in [0.3, 0.4) is 0 Å². The topological polar surface area (TPSA) is 87.2 Å². The van der Waals surface area contributed by atoms with Crippen LogP contribution in [0.2, 0.25) is 0 Å². The summed E-state index contributed by atoms with van der Waals surface area (Å²) in [5.74, 6) is 0.960. The summed E-state index contributed by atoms with van der Waals surface area (Å²) in [7, 11) is 1.51. The zero-order valence-corrected chi connectivity index (χ0v) is 13.4. The number of carbonyl (C=O) groups excluding carboxylic acids is 1. The number of hydrogen-bond acceptors (Lipinski definition) is 4. The molecule has 124 valence electrons. The zero-order valence-electron chi connectivity index (χ0n) is 13.4. The number of aromatic amines is 1. The smallest absolute Gasteiger partial charge is 0.256 e. The van der Waals surface area contributed by atoms with Crippen molar-refractivity contribution < 1.29 is 14.6 Å². The second-order valence-electron chi connectivity index (χ2n) is 5.63. The van der Waals surface area contributed by atoms with Crippen molar-refractivity contribution in [2.75, 3.05) is 12.4 Å². The molecule has 2 aromatic carbocycles. The van der Waals surface area contributed by atoms with E-state index in [-0.39, 0.29) is 11.7 Å². The number of H-pyrrole nitrogens is 1. The maximum Gasteiger partial charge on any atom is 0.256 e. The van der Waals surface area contributed by atoms with Gasteiger partial charge in [0.2, 0.25) is 0 Å². The minimum absolute atomic E-state index is 0.0874. The van der Waals surface area contributed by atoms with Gasteiger partial charge in [-0.2, -0.15) is 0 Å². The third kappa shape index (κ3) is 2.63. The second-order valence-corrected chi connectivity index (χ2v) is 5.63. The number of amides is 1. The lowest BCUT2D eigenvalue weighted by molar-refractivity contribution is -0.110. The van der Waals surface area contributed by atoms with Gasteiger partial charge in [-0.05, 0) is 35.4 Å². The Kier molecular flexibility index (Phi) is 3.50. The molecule has 0 fully saturated rings. The molecule has 0 atom stereocenters. The SMILES string of the molecule is COc1cc(-c2ccc3c(c2)NC(=O)C3=Cc2ncc[nH]2)ccc1O. The highest BCUT2D eigenvalue weighted by atomic mass is 16.5. The summed E-state index contributed by atoms with van der Waals surface area (Å²) in [5.41, 5.74) is 3.94. The fourth-order valence-corrected chi connectivity index (χ4v) is 2.87. The van der Waals surface area contributed by atoms with Gasteiger partial charge in [0, 0.05) is 23.6 Å². The highest BCUT2D eigenvalue weighted by Gasteiger charge is 2.24. The number of imidazole rings is 1. The number of ether oxygens (including phenoxy) is 1. The molecule has 0 spiro atoms. The van der Waals surface area contributed by atoms with E-state index in [1.807, 2.05) is 18.2 Å². The van der Waals surface area contributed by atoms with E-state index in [9.17, 15) is 9.90 Å². The van der Waals surface area contributed by atoms with Crippen LogP contribution in [-0.2, 0) is 4.79 Å². The van der Waals surface area contributed by atoms with Crippen LogP contribution in [0.15, 0.2) is 48.8 Å². The first-order chi connectivity index (χ1) is 12.2. The van der Waals surface area contributed by atoms with Crippen LogP contribution in [0.5, 0.6) is 11.5 Å². The van der Waals surface area contributed by atoms with E-state index in [2.05, 4.69) is 15.3 Å². The van der Waals surface area contributed by atoms with Crippen molar-refractivity contribution in [3.8, 4) is 22.6 Å². The molecular weight excluding hydrogens is 318 g/mol. The van der Waals surface area contributed by atoms with Crippen molar-refractivity contribution in [2.45, 2.75) is 0 Å². The van der Waals surface area contributed by atoms with E-state index in [1.54, 1.807) is 36.7 Å².